The number of fused-ring (bicyclic) bond motifs is 2. The van der Waals surface area contributed by atoms with Crippen LogP contribution in [0.15, 0.2) is 29.3 Å². The molecule has 1 heterocycles. The zero-order chi connectivity index (χ0) is 14.3. The van der Waals surface area contributed by atoms with Gasteiger partial charge < -0.3 is 5.32 Å². The van der Waals surface area contributed by atoms with E-state index in [1.807, 2.05) is 27.7 Å². The highest BCUT2D eigenvalue weighted by Crippen LogP contribution is 2.36. The van der Waals surface area contributed by atoms with Gasteiger partial charge in [0.25, 0.3) is 0 Å². The van der Waals surface area contributed by atoms with Gasteiger partial charge >= 0.3 is 0 Å². The Morgan fingerprint density at radius 1 is 1.05 bits per heavy atom. The molecule has 1 aliphatic heterocycles. The monoisotopic (exact) mass is 260 g/mol. The number of rotatable bonds is 0. The Bertz CT molecular complexity index is 409. The number of nitrogens with zero attached hydrogens (tertiary/aromatic N) is 1. The Hall–Kier alpha value is -1.31. The molecule has 106 valence electrons. The van der Waals surface area contributed by atoms with Crippen LogP contribution in [0.4, 0.5) is 11.4 Å². The van der Waals surface area contributed by atoms with Crippen LogP contribution in [0, 0.1) is 5.92 Å². The van der Waals surface area contributed by atoms with Crippen molar-refractivity contribution >= 4 is 17.1 Å². The normalized spacial score (nSPS) is 23.1. The van der Waals surface area contributed by atoms with E-state index in [0.29, 0.717) is 12.0 Å². The fraction of sp³-hybridized carbons (Fsp3) is 0.588. The van der Waals surface area contributed by atoms with Gasteiger partial charge in [-0.1, -0.05) is 46.2 Å². The first-order chi connectivity index (χ1) is 9.34. The Morgan fingerprint density at radius 3 is 2.47 bits per heavy atom. The predicted molar refractivity (Wildman–Crippen MR) is 86.7 cm³/mol. The molecule has 0 bridgehead atoms. The van der Waals surface area contributed by atoms with E-state index >= 15 is 0 Å². The van der Waals surface area contributed by atoms with Crippen LogP contribution >= 0.6 is 0 Å². The molecule has 19 heavy (non-hydrogen) atoms. The topological polar surface area (TPSA) is 24.4 Å². The second-order valence-corrected chi connectivity index (χ2v) is 4.56. The minimum atomic E-state index is 0.609. The summed E-state index contributed by atoms with van der Waals surface area (Å²) in [5.74, 6) is 0.650. The van der Waals surface area contributed by atoms with Crippen LogP contribution in [0.25, 0.3) is 0 Å². The maximum absolute atomic E-state index is 4.74. The molecule has 1 aromatic rings. The molecule has 1 aromatic carbocycles. The Balaban J connectivity index is 0.000000415. The Labute approximate surface area is 118 Å². The molecule has 1 aliphatic carbocycles. The third-order valence-corrected chi connectivity index (χ3v) is 3.59. The van der Waals surface area contributed by atoms with E-state index in [0.717, 1.165) is 5.69 Å². The van der Waals surface area contributed by atoms with Crippen LogP contribution in [0.2, 0.25) is 0 Å². The molecule has 0 saturated heterocycles. The first-order valence-electron chi connectivity index (χ1n) is 7.75. The molecule has 2 unspecified atom stereocenters. The lowest BCUT2D eigenvalue weighted by molar-refractivity contribution is 0.653. The number of benzene rings is 1. The third kappa shape index (κ3) is 3.59. The van der Waals surface area contributed by atoms with E-state index in [9.17, 15) is 0 Å². The summed E-state index contributed by atoms with van der Waals surface area (Å²) in [5, 5.41) is 3.64. The van der Waals surface area contributed by atoms with Crippen LogP contribution in [-0.4, -0.2) is 11.8 Å². The van der Waals surface area contributed by atoms with Gasteiger partial charge in [-0.25, -0.2) is 0 Å². The Kier molecular flexibility index (Phi) is 6.61. The van der Waals surface area contributed by atoms with E-state index in [-0.39, 0.29) is 0 Å². The molecule has 1 saturated carbocycles. The molecule has 0 radical (unpaired) electrons. The fourth-order valence-corrected chi connectivity index (χ4v) is 2.80. The van der Waals surface area contributed by atoms with Crippen molar-refractivity contribution in [1.29, 1.82) is 0 Å². The summed E-state index contributed by atoms with van der Waals surface area (Å²) in [7, 11) is 0. The van der Waals surface area contributed by atoms with Gasteiger partial charge in [0.15, 0.2) is 0 Å². The number of anilines is 1. The van der Waals surface area contributed by atoms with Crippen LogP contribution in [0.5, 0.6) is 0 Å². The molecule has 3 rings (SSSR count). The standard InChI is InChI=1S/C13H16N2.2C2H6/c1-9-10-5-4-8-11(10)15-13-7-3-2-6-12(13)14-9;2*1-2/h2-3,6-7,10-11,15H,4-5,8H2,1H3;2*1-2H3. The minimum absolute atomic E-state index is 0.609. The van der Waals surface area contributed by atoms with E-state index in [2.05, 4.69) is 36.5 Å². The van der Waals surface area contributed by atoms with Gasteiger partial charge in [0.05, 0.1) is 11.4 Å². The van der Waals surface area contributed by atoms with E-state index in [1.54, 1.807) is 0 Å². The van der Waals surface area contributed by atoms with Crippen LogP contribution in [-0.2, 0) is 0 Å². The lowest BCUT2D eigenvalue weighted by Crippen LogP contribution is -2.27. The van der Waals surface area contributed by atoms with Crippen LogP contribution < -0.4 is 5.32 Å². The summed E-state index contributed by atoms with van der Waals surface area (Å²) in [6.07, 6.45) is 3.91. The number of hydrogen-bond acceptors (Lipinski definition) is 2. The van der Waals surface area contributed by atoms with E-state index < -0.39 is 0 Å². The lowest BCUT2D eigenvalue weighted by Gasteiger charge is -2.18. The maximum atomic E-state index is 4.74. The van der Waals surface area contributed by atoms with Crippen molar-refractivity contribution in [2.75, 3.05) is 5.32 Å². The molecule has 1 N–H and O–H groups in total. The summed E-state index contributed by atoms with van der Waals surface area (Å²) in [6, 6.07) is 8.96. The summed E-state index contributed by atoms with van der Waals surface area (Å²) >= 11 is 0. The summed E-state index contributed by atoms with van der Waals surface area (Å²) < 4.78 is 0. The highest BCUT2D eigenvalue weighted by molar-refractivity contribution is 5.91. The molecule has 0 amide bonds. The summed E-state index contributed by atoms with van der Waals surface area (Å²) in [5.41, 5.74) is 3.60. The van der Waals surface area contributed by atoms with Gasteiger partial charge in [0, 0.05) is 17.7 Å². The van der Waals surface area contributed by atoms with E-state index in [4.69, 9.17) is 4.99 Å². The van der Waals surface area contributed by atoms with Gasteiger partial charge in [-0.2, -0.15) is 0 Å². The highest BCUT2D eigenvalue weighted by Gasteiger charge is 2.31. The van der Waals surface area contributed by atoms with Gasteiger partial charge in [0.1, 0.15) is 0 Å². The van der Waals surface area contributed by atoms with Crippen molar-refractivity contribution in [3.63, 3.8) is 0 Å². The summed E-state index contributed by atoms with van der Waals surface area (Å²) in [6.45, 7) is 10.2. The Morgan fingerprint density at radius 2 is 1.74 bits per heavy atom. The van der Waals surface area contributed by atoms with Crippen molar-refractivity contribution in [1.82, 2.24) is 0 Å². The van der Waals surface area contributed by atoms with E-state index in [1.165, 1.54) is 30.7 Å². The maximum Gasteiger partial charge on any atom is 0.0860 e. The number of para-hydroxylation sites is 2. The van der Waals surface area contributed by atoms with Crippen LogP contribution in [0.1, 0.15) is 53.9 Å². The highest BCUT2D eigenvalue weighted by atomic mass is 15.0. The molecule has 2 nitrogen and oxygen atoms in total. The summed E-state index contributed by atoms with van der Waals surface area (Å²) in [4.78, 5) is 4.74. The number of aliphatic imine (C=N–C) groups is 1. The molecule has 0 spiro atoms. The second-order valence-electron chi connectivity index (χ2n) is 4.56. The minimum Gasteiger partial charge on any atom is -0.380 e. The zero-order valence-electron chi connectivity index (χ0n) is 13.0. The van der Waals surface area contributed by atoms with Crippen LogP contribution in [0.3, 0.4) is 0 Å². The SMILES string of the molecule is CC.CC.CC1=Nc2ccccc2NC2CCCC12. The molecular weight excluding hydrogens is 232 g/mol. The smallest absolute Gasteiger partial charge is 0.0860 e. The molecule has 2 atom stereocenters. The average Bonchev–Trinajstić information content (AvgIpc) is 2.89. The van der Waals surface area contributed by atoms with Crippen molar-refractivity contribution in [2.24, 2.45) is 10.9 Å². The molecule has 2 heteroatoms. The molecule has 2 aliphatic rings. The van der Waals surface area contributed by atoms with Gasteiger partial charge in [-0.15, -0.1) is 0 Å². The van der Waals surface area contributed by atoms with Gasteiger partial charge in [0.2, 0.25) is 0 Å². The van der Waals surface area contributed by atoms with Gasteiger partial charge in [-0.05, 0) is 31.9 Å². The lowest BCUT2D eigenvalue weighted by atomic mass is 9.99. The van der Waals surface area contributed by atoms with Crippen molar-refractivity contribution in [3.05, 3.63) is 24.3 Å². The average molecular weight is 260 g/mol. The van der Waals surface area contributed by atoms with Crippen molar-refractivity contribution in [3.8, 4) is 0 Å². The fourth-order valence-electron chi connectivity index (χ4n) is 2.80. The van der Waals surface area contributed by atoms with Crippen molar-refractivity contribution < 1.29 is 0 Å². The first kappa shape index (κ1) is 15.7. The molecule has 0 aromatic heterocycles. The first-order valence-corrected chi connectivity index (χ1v) is 7.75. The predicted octanol–water partition coefficient (Wildman–Crippen LogP) is 5.43. The molecule has 1 fully saturated rings. The van der Waals surface area contributed by atoms with Crippen molar-refractivity contribution in [2.45, 2.75) is 59.9 Å². The third-order valence-electron chi connectivity index (χ3n) is 3.59. The largest absolute Gasteiger partial charge is 0.380 e. The number of hydrogen-bond donors (Lipinski definition) is 1. The second kappa shape index (κ2) is 7.98. The molecular formula is C17H28N2. The van der Waals surface area contributed by atoms with Gasteiger partial charge in [-0.3, -0.25) is 4.99 Å². The number of nitrogens with one attached hydrogen (secondary N) is 1. The quantitative estimate of drug-likeness (QED) is 0.661. The zero-order valence-corrected chi connectivity index (χ0v) is 13.0.